The van der Waals surface area contributed by atoms with Gasteiger partial charge >= 0.3 is 0 Å². The van der Waals surface area contributed by atoms with Crippen molar-refractivity contribution in [2.24, 2.45) is 0 Å². The SMILES string of the molecule is CC(=O)Nc1cc(N2CCCC[C@@H]2C)c(N)cc1Cl. The Balaban J connectivity index is 2.36. The maximum absolute atomic E-state index is 11.2. The Morgan fingerprint density at radius 2 is 2.21 bits per heavy atom. The monoisotopic (exact) mass is 281 g/mol. The molecular formula is C14H20ClN3O. The fraction of sp³-hybridized carbons (Fsp3) is 0.500. The van der Waals surface area contributed by atoms with Crippen LogP contribution in [-0.4, -0.2) is 18.5 Å². The van der Waals surface area contributed by atoms with Crippen LogP contribution < -0.4 is 16.0 Å². The summed E-state index contributed by atoms with van der Waals surface area (Å²) < 4.78 is 0. The van der Waals surface area contributed by atoms with E-state index >= 15 is 0 Å². The van der Waals surface area contributed by atoms with Crippen LogP contribution in [-0.2, 0) is 4.79 Å². The zero-order chi connectivity index (χ0) is 14.0. The van der Waals surface area contributed by atoms with Crippen LogP contribution in [0, 0.1) is 0 Å². The Bertz CT molecular complexity index is 490. The van der Waals surface area contributed by atoms with Gasteiger partial charge in [0, 0.05) is 19.5 Å². The maximum Gasteiger partial charge on any atom is 0.221 e. The van der Waals surface area contributed by atoms with Crippen LogP contribution in [0.4, 0.5) is 17.1 Å². The first-order valence-corrected chi connectivity index (χ1v) is 7.00. The Morgan fingerprint density at radius 3 is 2.84 bits per heavy atom. The summed E-state index contributed by atoms with van der Waals surface area (Å²) in [5, 5.41) is 3.21. The minimum Gasteiger partial charge on any atom is -0.397 e. The zero-order valence-corrected chi connectivity index (χ0v) is 12.1. The van der Waals surface area contributed by atoms with Crippen molar-refractivity contribution in [3.05, 3.63) is 17.2 Å². The molecule has 5 heteroatoms. The number of nitrogens with two attached hydrogens (primary N) is 1. The van der Waals surface area contributed by atoms with E-state index in [1.807, 2.05) is 6.07 Å². The molecule has 0 radical (unpaired) electrons. The molecule has 2 rings (SSSR count). The summed E-state index contributed by atoms with van der Waals surface area (Å²) in [7, 11) is 0. The normalized spacial score (nSPS) is 19.3. The van der Waals surface area contributed by atoms with Crippen molar-refractivity contribution >= 4 is 34.6 Å². The lowest BCUT2D eigenvalue weighted by Gasteiger charge is -2.36. The number of halogens is 1. The number of nitrogen functional groups attached to an aromatic ring is 1. The van der Waals surface area contributed by atoms with Crippen molar-refractivity contribution in [1.82, 2.24) is 0 Å². The standard InChI is InChI=1S/C14H20ClN3O/c1-9-5-3-4-6-18(9)14-8-13(17-10(2)19)11(15)7-12(14)16/h7-9H,3-6,16H2,1-2H3,(H,17,19)/t9-/m0/s1. The Kier molecular flexibility index (Phi) is 4.20. The molecule has 0 unspecified atom stereocenters. The number of nitrogens with one attached hydrogen (secondary N) is 1. The van der Waals surface area contributed by atoms with E-state index in [1.54, 1.807) is 6.07 Å². The van der Waals surface area contributed by atoms with Crippen LogP contribution in [0.3, 0.4) is 0 Å². The van der Waals surface area contributed by atoms with E-state index in [1.165, 1.54) is 19.8 Å². The van der Waals surface area contributed by atoms with Gasteiger partial charge in [0.25, 0.3) is 0 Å². The second kappa shape index (κ2) is 5.70. The summed E-state index contributed by atoms with van der Waals surface area (Å²) in [5.74, 6) is -0.135. The molecule has 0 bridgehead atoms. The lowest BCUT2D eigenvalue weighted by molar-refractivity contribution is -0.114. The summed E-state index contributed by atoms with van der Waals surface area (Å²) in [6.45, 7) is 4.66. The summed E-state index contributed by atoms with van der Waals surface area (Å²) in [4.78, 5) is 13.5. The van der Waals surface area contributed by atoms with E-state index in [9.17, 15) is 4.79 Å². The van der Waals surface area contributed by atoms with Gasteiger partial charge < -0.3 is 16.0 Å². The molecule has 1 fully saturated rings. The molecule has 0 aromatic heterocycles. The van der Waals surface area contributed by atoms with Gasteiger partial charge in [-0.2, -0.15) is 0 Å². The molecule has 19 heavy (non-hydrogen) atoms. The predicted molar refractivity (Wildman–Crippen MR) is 80.8 cm³/mol. The average molecular weight is 282 g/mol. The first-order chi connectivity index (χ1) is 8.99. The third kappa shape index (κ3) is 3.13. The van der Waals surface area contributed by atoms with Crippen LogP contribution >= 0.6 is 11.6 Å². The van der Waals surface area contributed by atoms with Crippen molar-refractivity contribution in [3.8, 4) is 0 Å². The van der Waals surface area contributed by atoms with Crippen molar-refractivity contribution in [2.75, 3.05) is 22.5 Å². The molecule has 1 aromatic rings. The quantitative estimate of drug-likeness (QED) is 0.818. The molecule has 0 saturated carbocycles. The van der Waals surface area contributed by atoms with E-state index in [-0.39, 0.29) is 5.91 Å². The van der Waals surface area contributed by atoms with E-state index < -0.39 is 0 Å². The Labute approximate surface area is 118 Å². The number of benzene rings is 1. The zero-order valence-electron chi connectivity index (χ0n) is 11.4. The highest BCUT2D eigenvalue weighted by Gasteiger charge is 2.21. The van der Waals surface area contributed by atoms with Crippen LogP contribution in [0.25, 0.3) is 0 Å². The number of hydrogen-bond donors (Lipinski definition) is 2. The Hall–Kier alpha value is -1.42. The van der Waals surface area contributed by atoms with Crippen molar-refractivity contribution in [1.29, 1.82) is 0 Å². The highest BCUT2D eigenvalue weighted by Crippen LogP contribution is 2.36. The number of hydrogen-bond acceptors (Lipinski definition) is 3. The number of piperidine rings is 1. The third-order valence-corrected chi connectivity index (χ3v) is 3.85. The smallest absolute Gasteiger partial charge is 0.221 e. The molecule has 104 valence electrons. The summed E-state index contributed by atoms with van der Waals surface area (Å²) >= 11 is 6.11. The van der Waals surface area contributed by atoms with Crippen molar-refractivity contribution in [2.45, 2.75) is 39.2 Å². The fourth-order valence-corrected chi connectivity index (χ4v) is 2.79. The van der Waals surface area contributed by atoms with Gasteiger partial charge in [-0.1, -0.05) is 11.6 Å². The molecule has 1 aliphatic heterocycles. The van der Waals surface area contributed by atoms with Crippen LogP contribution in [0.5, 0.6) is 0 Å². The molecule has 1 aromatic carbocycles. The van der Waals surface area contributed by atoms with Crippen molar-refractivity contribution in [3.63, 3.8) is 0 Å². The molecule has 1 aliphatic rings. The molecule has 0 aliphatic carbocycles. The molecule has 1 saturated heterocycles. The molecular weight excluding hydrogens is 262 g/mol. The van der Waals surface area contributed by atoms with Crippen LogP contribution in [0.2, 0.25) is 5.02 Å². The topological polar surface area (TPSA) is 58.4 Å². The minimum absolute atomic E-state index is 0.135. The molecule has 0 spiro atoms. The van der Waals surface area contributed by atoms with Gasteiger partial charge in [-0.3, -0.25) is 4.79 Å². The van der Waals surface area contributed by atoms with E-state index in [0.717, 1.165) is 18.7 Å². The van der Waals surface area contributed by atoms with E-state index in [2.05, 4.69) is 17.1 Å². The molecule has 1 amide bonds. The van der Waals surface area contributed by atoms with E-state index in [0.29, 0.717) is 22.4 Å². The summed E-state index contributed by atoms with van der Waals surface area (Å²) in [5.41, 5.74) is 8.32. The molecule has 1 heterocycles. The second-order valence-corrected chi connectivity index (χ2v) is 5.52. The fourth-order valence-electron chi connectivity index (χ4n) is 2.57. The molecule has 3 N–H and O–H groups in total. The lowest BCUT2D eigenvalue weighted by Crippen LogP contribution is -2.37. The van der Waals surface area contributed by atoms with Crippen molar-refractivity contribution < 1.29 is 4.79 Å². The number of carbonyl (C=O) groups is 1. The highest BCUT2D eigenvalue weighted by molar-refractivity contribution is 6.34. The van der Waals surface area contributed by atoms with Gasteiger partial charge in [-0.05, 0) is 38.3 Å². The Morgan fingerprint density at radius 1 is 1.47 bits per heavy atom. The van der Waals surface area contributed by atoms with Gasteiger partial charge in [0.15, 0.2) is 0 Å². The number of nitrogens with zero attached hydrogens (tertiary/aromatic N) is 1. The molecule has 1 atom stereocenters. The predicted octanol–water partition coefficient (Wildman–Crippen LogP) is 3.26. The van der Waals surface area contributed by atoms with Gasteiger partial charge in [0.05, 0.1) is 22.1 Å². The maximum atomic E-state index is 11.2. The van der Waals surface area contributed by atoms with Gasteiger partial charge in [-0.15, -0.1) is 0 Å². The van der Waals surface area contributed by atoms with E-state index in [4.69, 9.17) is 17.3 Å². The lowest BCUT2D eigenvalue weighted by atomic mass is 10.0. The summed E-state index contributed by atoms with van der Waals surface area (Å²) in [6.07, 6.45) is 3.59. The average Bonchev–Trinajstić information content (AvgIpc) is 2.33. The highest BCUT2D eigenvalue weighted by atomic mass is 35.5. The summed E-state index contributed by atoms with van der Waals surface area (Å²) in [6, 6.07) is 4.05. The first-order valence-electron chi connectivity index (χ1n) is 6.62. The van der Waals surface area contributed by atoms with Crippen LogP contribution in [0.1, 0.15) is 33.1 Å². The minimum atomic E-state index is -0.135. The first kappa shape index (κ1) is 14.0. The van der Waals surface area contributed by atoms with Gasteiger partial charge in [0.1, 0.15) is 0 Å². The number of carbonyl (C=O) groups excluding carboxylic acids is 1. The number of anilines is 3. The van der Waals surface area contributed by atoms with Gasteiger partial charge in [-0.25, -0.2) is 0 Å². The largest absolute Gasteiger partial charge is 0.397 e. The van der Waals surface area contributed by atoms with Gasteiger partial charge in [0.2, 0.25) is 5.91 Å². The molecule has 4 nitrogen and oxygen atoms in total. The number of amides is 1. The third-order valence-electron chi connectivity index (χ3n) is 3.54. The second-order valence-electron chi connectivity index (χ2n) is 5.11. The number of rotatable bonds is 2. The van der Waals surface area contributed by atoms with Crippen LogP contribution in [0.15, 0.2) is 12.1 Å².